The highest BCUT2D eigenvalue weighted by Gasteiger charge is 2.23. The number of aliphatic hydroxyl groups excluding tert-OH is 1. The van der Waals surface area contributed by atoms with Crippen molar-refractivity contribution in [3.63, 3.8) is 0 Å². The summed E-state index contributed by atoms with van der Waals surface area (Å²) in [5.41, 5.74) is 0. The van der Waals surface area contributed by atoms with E-state index in [0.29, 0.717) is 18.3 Å². The van der Waals surface area contributed by atoms with Gasteiger partial charge in [-0.1, -0.05) is 6.42 Å². The maximum absolute atomic E-state index is 10.8. The lowest BCUT2D eigenvalue weighted by Gasteiger charge is -2.26. The van der Waals surface area contributed by atoms with Gasteiger partial charge in [0.1, 0.15) is 0 Å². The van der Waals surface area contributed by atoms with Crippen LogP contribution < -0.4 is 5.32 Å². The third kappa shape index (κ3) is 2.79. The van der Waals surface area contributed by atoms with Crippen LogP contribution in [0.3, 0.4) is 0 Å². The largest absolute Gasteiger partial charge is 0.406 e. The van der Waals surface area contributed by atoms with Crippen LogP contribution in [-0.2, 0) is 7.05 Å². The van der Waals surface area contributed by atoms with E-state index in [1.165, 1.54) is 6.33 Å². The molecule has 1 fully saturated rings. The molecule has 100 valence electrons. The summed E-state index contributed by atoms with van der Waals surface area (Å²) < 4.78 is 1.61. The Balaban J connectivity index is 1.97. The highest BCUT2D eigenvalue weighted by molar-refractivity contribution is 5.51. The molecule has 2 unspecified atom stereocenters. The first kappa shape index (κ1) is 12.8. The molecule has 2 atom stereocenters. The summed E-state index contributed by atoms with van der Waals surface area (Å²) in [4.78, 5) is 14.0. The van der Waals surface area contributed by atoms with Crippen LogP contribution in [0.25, 0.3) is 0 Å². The van der Waals surface area contributed by atoms with Gasteiger partial charge in [0.25, 0.3) is 0 Å². The topological polar surface area (TPSA) is 93.2 Å². The minimum atomic E-state index is -0.488. The second kappa shape index (κ2) is 5.34. The van der Waals surface area contributed by atoms with Crippen LogP contribution in [0.4, 0.5) is 11.6 Å². The number of anilines is 1. The molecular formula is C11H18N4O3. The van der Waals surface area contributed by atoms with Crippen molar-refractivity contribution in [1.29, 1.82) is 0 Å². The van der Waals surface area contributed by atoms with Crippen LogP contribution in [0.5, 0.6) is 0 Å². The Bertz CT molecular complexity index is 432. The summed E-state index contributed by atoms with van der Waals surface area (Å²) in [5, 5.41) is 23.4. The SMILES string of the molecule is Cn1cnc([N+](=O)[O-])c1NCC1CCCC(O)C1. The standard InChI is InChI=1S/C11H18N4O3/c1-14-7-13-11(15(17)18)10(14)12-6-8-3-2-4-9(16)5-8/h7-9,12,16H,2-6H2,1H3. The predicted octanol–water partition coefficient (Wildman–Crippen LogP) is 1.29. The van der Waals surface area contributed by atoms with E-state index in [0.717, 1.165) is 25.7 Å². The average molecular weight is 254 g/mol. The van der Waals surface area contributed by atoms with Gasteiger partial charge in [-0.25, -0.2) is 0 Å². The third-order valence-electron chi connectivity index (χ3n) is 3.40. The molecule has 1 aromatic heterocycles. The van der Waals surface area contributed by atoms with Crippen molar-refractivity contribution in [3.05, 3.63) is 16.4 Å². The van der Waals surface area contributed by atoms with E-state index in [-0.39, 0.29) is 11.9 Å². The second-order valence-corrected chi connectivity index (χ2v) is 4.85. The Hall–Kier alpha value is -1.63. The van der Waals surface area contributed by atoms with Gasteiger partial charge in [0.2, 0.25) is 12.1 Å². The Morgan fingerprint density at radius 3 is 3.11 bits per heavy atom. The van der Waals surface area contributed by atoms with Crippen molar-refractivity contribution >= 4 is 11.6 Å². The van der Waals surface area contributed by atoms with Gasteiger partial charge in [-0.3, -0.25) is 4.57 Å². The smallest absolute Gasteiger partial charge is 0.393 e. The zero-order chi connectivity index (χ0) is 13.1. The monoisotopic (exact) mass is 254 g/mol. The number of rotatable bonds is 4. The van der Waals surface area contributed by atoms with E-state index < -0.39 is 4.92 Å². The highest BCUT2D eigenvalue weighted by atomic mass is 16.6. The number of nitrogens with zero attached hydrogens (tertiary/aromatic N) is 3. The molecule has 7 nitrogen and oxygen atoms in total. The molecule has 0 aromatic carbocycles. The van der Waals surface area contributed by atoms with Crippen molar-refractivity contribution in [1.82, 2.24) is 9.55 Å². The van der Waals surface area contributed by atoms with Crippen molar-refractivity contribution in [2.24, 2.45) is 13.0 Å². The van der Waals surface area contributed by atoms with Gasteiger partial charge in [-0.2, -0.15) is 0 Å². The van der Waals surface area contributed by atoms with Crippen LogP contribution in [0.15, 0.2) is 6.33 Å². The van der Waals surface area contributed by atoms with Crippen LogP contribution >= 0.6 is 0 Å². The van der Waals surface area contributed by atoms with Crippen molar-refractivity contribution < 1.29 is 10.0 Å². The number of imidazole rings is 1. The first-order chi connectivity index (χ1) is 8.58. The molecular weight excluding hydrogens is 236 g/mol. The fourth-order valence-electron chi connectivity index (χ4n) is 2.44. The molecule has 18 heavy (non-hydrogen) atoms. The highest BCUT2D eigenvalue weighted by Crippen LogP contribution is 2.26. The number of aromatic nitrogens is 2. The Kier molecular flexibility index (Phi) is 3.81. The van der Waals surface area contributed by atoms with Crippen molar-refractivity contribution in [2.75, 3.05) is 11.9 Å². The number of nitrogens with one attached hydrogen (secondary N) is 1. The summed E-state index contributed by atoms with van der Waals surface area (Å²) in [6.07, 6.45) is 4.89. The zero-order valence-corrected chi connectivity index (χ0v) is 10.4. The molecule has 0 aliphatic heterocycles. The molecule has 7 heteroatoms. The minimum Gasteiger partial charge on any atom is -0.393 e. The number of hydrogen-bond acceptors (Lipinski definition) is 5. The maximum atomic E-state index is 10.8. The molecule has 1 heterocycles. The Morgan fingerprint density at radius 2 is 2.44 bits per heavy atom. The molecule has 0 radical (unpaired) electrons. The molecule has 1 aliphatic carbocycles. The summed E-state index contributed by atoms with van der Waals surface area (Å²) in [7, 11) is 1.72. The lowest BCUT2D eigenvalue weighted by Crippen LogP contribution is -2.25. The molecule has 0 bridgehead atoms. The number of hydrogen-bond donors (Lipinski definition) is 2. The lowest BCUT2D eigenvalue weighted by molar-refractivity contribution is -0.388. The minimum absolute atomic E-state index is 0.145. The van der Waals surface area contributed by atoms with Gasteiger partial charge >= 0.3 is 5.82 Å². The van der Waals surface area contributed by atoms with Gasteiger partial charge in [0.15, 0.2) is 0 Å². The summed E-state index contributed by atoms with van der Waals surface area (Å²) in [6, 6.07) is 0. The van der Waals surface area contributed by atoms with Gasteiger partial charge in [0.05, 0.1) is 6.10 Å². The van der Waals surface area contributed by atoms with Gasteiger partial charge in [-0.15, -0.1) is 0 Å². The van der Waals surface area contributed by atoms with Crippen molar-refractivity contribution in [2.45, 2.75) is 31.8 Å². The van der Waals surface area contributed by atoms with Gasteiger partial charge in [-0.05, 0) is 35.1 Å². The van der Waals surface area contributed by atoms with E-state index in [2.05, 4.69) is 10.3 Å². The Labute approximate surface area is 105 Å². The normalized spacial score (nSPS) is 23.9. The molecule has 0 amide bonds. The van der Waals surface area contributed by atoms with E-state index in [9.17, 15) is 15.2 Å². The van der Waals surface area contributed by atoms with Crippen LogP contribution in [-0.4, -0.2) is 32.2 Å². The van der Waals surface area contributed by atoms with Crippen molar-refractivity contribution in [3.8, 4) is 0 Å². The van der Waals surface area contributed by atoms with Crippen LogP contribution in [0.2, 0.25) is 0 Å². The Morgan fingerprint density at radius 1 is 1.67 bits per heavy atom. The molecule has 1 aliphatic rings. The summed E-state index contributed by atoms with van der Waals surface area (Å²) in [6.45, 7) is 0.636. The van der Waals surface area contributed by atoms with Gasteiger partial charge < -0.3 is 20.5 Å². The fourth-order valence-corrected chi connectivity index (χ4v) is 2.44. The first-order valence-corrected chi connectivity index (χ1v) is 6.15. The summed E-state index contributed by atoms with van der Waals surface area (Å²) >= 11 is 0. The molecule has 2 N–H and O–H groups in total. The third-order valence-corrected chi connectivity index (χ3v) is 3.40. The fraction of sp³-hybridized carbons (Fsp3) is 0.727. The number of aliphatic hydroxyl groups is 1. The van der Waals surface area contributed by atoms with E-state index in [4.69, 9.17) is 0 Å². The summed E-state index contributed by atoms with van der Waals surface area (Å²) in [5.74, 6) is 0.650. The number of aryl methyl sites for hydroxylation is 1. The molecule has 0 spiro atoms. The van der Waals surface area contributed by atoms with E-state index in [1.54, 1.807) is 11.6 Å². The first-order valence-electron chi connectivity index (χ1n) is 6.15. The van der Waals surface area contributed by atoms with Crippen LogP contribution in [0.1, 0.15) is 25.7 Å². The predicted molar refractivity (Wildman–Crippen MR) is 66.3 cm³/mol. The average Bonchev–Trinajstić information content (AvgIpc) is 2.68. The molecule has 1 saturated carbocycles. The van der Waals surface area contributed by atoms with E-state index in [1.807, 2.05) is 0 Å². The lowest BCUT2D eigenvalue weighted by atomic mass is 9.87. The molecule has 0 saturated heterocycles. The second-order valence-electron chi connectivity index (χ2n) is 4.85. The molecule has 1 aromatic rings. The van der Waals surface area contributed by atoms with Gasteiger partial charge in [0, 0.05) is 13.6 Å². The van der Waals surface area contributed by atoms with Crippen LogP contribution in [0, 0.1) is 16.0 Å². The quantitative estimate of drug-likeness (QED) is 0.623. The maximum Gasteiger partial charge on any atom is 0.406 e. The number of nitro groups is 1. The zero-order valence-electron chi connectivity index (χ0n) is 10.4. The van der Waals surface area contributed by atoms with E-state index >= 15 is 0 Å². The molecule has 2 rings (SSSR count).